The highest BCUT2D eigenvalue weighted by molar-refractivity contribution is 5.85. The van der Waals surface area contributed by atoms with Crippen LogP contribution in [-0.2, 0) is 17.8 Å². The van der Waals surface area contributed by atoms with Gasteiger partial charge in [-0.05, 0) is 36.6 Å². The van der Waals surface area contributed by atoms with E-state index in [-0.39, 0.29) is 24.2 Å². The van der Waals surface area contributed by atoms with Crippen LogP contribution in [0.15, 0.2) is 24.3 Å². The molecule has 1 saturated heterocycles. The van der Waals surface area contributed by atoms with Crippen molar-refractivity contribution >= 4 is 18.3 Å². The van der Waals surface area contributed by atoms with E-state index in [4.69, 9.17) is 0 Å². The maximum absolute atomic E-state index is 12.0. The second-order valence-corrected chi connectivity index (χ2v) is 5.05. The van der Waals surface area contributed by atoms with Gasteiger partial charge in [0.05, 0.1) is 0 Å². The lowest BCUT2D eigenvalue weighted by atomic mass is 9.88. The van der Waals surface area contributed by atoms with Crippen molar-refractivity contribution in [1.82, 2.24) is 10.6 Å². The monoisotopic (exact) mass is 282 g/mol. The van der Waals surface area contributed by atoms with Gasteiger partial charge in [-0.3, -0.25) is 4.79 Å². The lowest BCUT2D eigenvalue weighted by Crippen LogP contribution is -2.49. The molecule has 4 heteroatoms. The van der Waals surface area contributed by atoms with Crippen LogP contribution in [-0.4, -0.2) is 19.0 Å². The Morgan fingerprint density at radius 3 is 2.53 bits per heavy atom. The molecule has 0 spiro atoms. The molecule has 0 aliphatic carbocycles. The van der Waals surface area contributed by atoms with E-state index in [9.17, 15) is 4.79 Å². The van der Waals surface area contributed by atoms with Gasteiger partial charge in [-0.15, -0.1) is 12.4 Å². The molecule has 19 heavy (non-hydrogen) atoms. The van der Waals surface area contributed by atoms with Crippen LogP contribution in [0, 0.1) is 11.8 Å². The zero-order valence-corrected chi connectivity index (χ0v) is 12.4. The fourth-order valence-electron chi connectivity index (χ4n) is 2.30. The molecule has 0 bridgehead atoms. The topological polar surface area (TPSA) is 41.1 Å². The van der Waals surface area contributed by atoms with Crippen LogP contribution in [0.25, 0.3) is 0 Å². The third-order valence-corrected chi connectivity index (χ3v) is 3.89. The Kier molecular flexibility index (Phi) is 6.32. The molecule has 1 aromatic carbocycles. The van der Waals surface area contributed by atoms with Crippen LogP contribution in [0.2, 0.25) is 0 Å². The normalized spacial score (nSPS) is 16.1. The zero-order chi connectivity index (χ0) is 13.0. The molecule has 1 unspecified atom stereocenters. The third kappa shape index (κ3) is 3.95. The number of carbonyl (C=O) groups is 1. The molecule has 1 fully saturated rings. The number of amides is 1. The molecule has 0 aromatic heterocycles. The van der Waals surface area contributed by atoms with Gasteiger partial charge in [-0.2, -0.15) is 0 Å². The van der Waals surface area contributed by atoms with Crippen LogP contribution in [0.1, 0.15) is 25.0 Å². The molecule has 2 rings (SSSR count). The molecule has 2 N–H and O–H groups in total. The van der Waals surface area contributed by atoms with Crippen molar-refractivity contribution in [1.29, 1.82) is 0 Å². The Morgan fingerprint density at radius 2 is 2.00 bits per heavy atom. The second kappa shape index (κ2) is 7.51. The molecule has 3 nitrogen and oxygen atoms in total. The minimum absolute atomic E-state index is 0. The molecule has 0 saturated carbocycles. The quantitative estimate of drug-likeness (QED) is 0.869. The minimum atomic E-state index is 0. The summed E-state index contributed by atoms with van der Waals surface area (Å²) in [6.45, 7) is 6.75. The molecule has 1 aliphatic rings. The summed E-state index contributed by atoms with van der Waals surface area (Å²) >= 11 is 0. The van der Waals surface area contributed by atoms with Crippen molar-refractivity contribution in [2.45, 2.75) is 26.8 Å². The summed E-state index contributed by atoms with van der Waals surface area (Å²) in [6, 6.07) is 8.29. The number of benzene rings is 1. The molecule has 0 radical (unpaired) electrons. The Balaban J connectivity index is 0.00000180. The van der Waals surface area contributed by atoms with Crippen LogP contribution in [0.3, 0.4) is 0 Å². The van der Waals surface area contributed by atoms with E-state index in [2.05, 4.69) is 29.7 Å². The zero-order valence-electron chi connectivity index (χ0n) is 11.6. The highest BCUT2D eigenvalue weighted by atomic mass is 35.5. The number of hydrogen-bond donors (Lipinski definition) is 2. The summed E-state index contributed by atoms with van der Waals surface area (Å²) in [5, 5.41) is 6.26. The van der Waals surface area contributed by atoms with Gasteiger partial charge in [0.2, 0.25) is 5.91 Å². The van der Waals surface area contributed by atoms with E-state index in [1.807, 2.05) is 19.1 Å². The lowest BCUT2D eigenvalue weighted by molar-refractivity contribution is -0.126. The largest absolute Gasteiger partial charge is 0.352 e. The lowest BCUT2D eigenvalue weighted by Gasteiger charge is -2.31. The van der Waals surface area contributed by atoms with Gasteiger partial charge in [0, 0.05) is 12.5 Å². The number of halogens is 1. The summed E-state index contributed by atoms with van der Waals surface area (Å²) < 4.78 is 0. The average molecular weight is 283 g/mol. The summed E-state index contributed by atoms with van der Waals surface area (Å²) in [6.07, 6.45) is 1.01. The molecule has 1 amide bonds. The first-order valence-corrected chi connectivity index (χ1v) is 6.77. The minimum Gasteiger partial charge on any atom is -0.352 e. The molecule has 1 aromatic rings. The first kappa shape index (κ1) is 16.0. The fourth-order valence-corrected chi connectivity index (χ4v) is 2.30. The van der Waals surface area contributed by atoms with Gasteiger partial charge in [0.1, 0.15) is 0 Å². The van der Waals surface area contributed by atoms with Gasteiger partial charge in [0.15, 0.2) is 0 Å². The summed E-state index contributed by atoms with van der Waals surface area (Å²) in [4.78, 5) is 12.0. The Bertz CT molecular complexity index is 418. The number of hydrogen-bond acceptors (Lipinski definition) is 2. The summed E-state index contributed by atoms with van der Waals surface area (Å²) in [5.74, 6) is 0.791. The maximum atomic E-state index is 12.0. The summed E-state index contributed by atoms with van der Waals surface area (Å²) in [5.41, 5.74) is 2.54. The fraction of sp³-hybridized carbons (Fsp3) is 0.533. The Labute approximate surface area is 121 Å². The first-order valence-electron chi connectivity index (χ1n) is 6.77. The summed E-state index contributed by atoms with van der Waals surface area (Å²) in [7, 11) is 0. The van der Waals surface area contributed by atoms with Crippen molar-refractivity contribution in [3.8, 4) is 0 Å². The molecule has 1 atom stereocenters. The highest BCUT2D eigenvalue weighted by Crippen LogP contribution is 2.16. The van der Waals surface area contributed by atoms with E-state index in [0.29, 0.717) is 12.5 Å². The third-order valence-electron chi connectivity index (χ3n) is 3.89. The van der Waals surface area contributed by atoms with Crippen molar-refractivity contribution in [3.05, 3.63) is 35.4 Å². The second-order valence-electron chi connectivity index (χ2n) is 5.05. The maximum Gasteiger partial charge on any atom is 0.223 e. The van der Waals surface area contributed by atoms with Gasteiger partial charge < -0.3 is 10.6 Å². The molecular formula is C15H23ClN2O. The molecule has 1 aliphatic heterocycles. The van der Waals surface area contributed by atoms with Crippen LogP contribution in [0.5, 0.6) is 0 Å². The van der Waals surface area contributed by atoms with Gasteiger partial charge in [-0.25, -0.2) is 0 Å². The van der Waals surface area contributed by atoms with Crippen molar-refractivity contribution in [2.24, 2.45) is 11.8 Å². The first-order chi connectivity index (χ1) is 8.72. The van der Waals surface area contributed by atoms with Gasteiger partial charge >= 0.3 is 0 Å². The number of rotatable bonds is 5. The predicted molar refractivity (Wildman–Crippen MR) is 80.4 cm³/mol. The van der Waals surface area contributed by atoms with E-state index in [0.717, 1.165) is 19.5 Å². The highest BCUT2D eigenvalue weighted by Gasteiger charge is 2.28. The van der Waals surface area contributed by atoms with Crippen molar-refractivity contribution in [3.63, 3.8) is 0 Å². The Hall–Kier alpha value is -1.06. The SMILES string of the molecule is CCc1ccccc1CNC(=O)C(C)C1CNC1.Cl. The van der Waals surface area contributed by atoms with Crippen molar-refractivity contribution in [2.75, 3.05) is 13.1 Å². The average Bonchev–Trinajstić information content (AvgIpc) is 2.34. The number of nitrogens with one attached hydrogen (secondary N) is 2. The van der Waals surface area contributed by atoms with E-state index < -0.39 is 0 Å². The van der Waals surface area contributed by atoms with E-state index >= 15 is 0 Å². The van der Waals surface area contributed by atoms with E-state index in [1.54, 1.807) is 0 Å². The van der Waals surface area contributed by atoms with Gasteiger partial charge in [0.25, 0.3) is 0 Å². The van der Waals surface area contributed by atoms with Gasteiger partial charge in [-0.1, -0.05) is 38.1 Å². The molecule has 1 heterocycles. The Morgan fingerprint density at radius 1 is 1.37 bits per heavy atom. The van der Waals surface area contributed by atoms with Crippen LogP contribution < -0.4 is 10.6 Å². The molecular weight excluding hydrogens is 260 g/mol. The molecule has 106 valence electrons. The van der Waals surface area contributed by atoms with Crippen LogP contribution >= 0.6 is 12.4 Å². The number of aryl methyl sites for hydroxylation is 1. The van der Waals surface area contributed by atoms with E-state index in [1.165, 1.54) is 11.1 Å². The standard InChI is InChI=1S/C15H22N2O.ClH/c1-3-12-6-4-5-7-13(12)10-17-15(18)11(2)14-8-16-9-14;/h4-7,11,14,16H,3,8-10H2,1-2H3,(H,17,18);1H. The number of carbonyl (C=O) groups excluding carboxylic acids is 1. The smallest absolute Gasteiger partial charge is 0.223 e. The predicted octanol–water partition coefficient (Wildman–Crippen LogP) is 2.14. The van der Waals surface area contributed by atoms with Crippen LogP contribution in [0.4, 0.5) is 0 Å². The van der Waals surface area contributed by atoms with Crippen molar-refractivity contribution < 1.29 is 4.79 Å².